The van der Waals surface area contributed by atoms with Gasteiger partial charge in [-0.2, -0.15) is 0 Å². The van der Waals surface area contributed by atoms with Gasteiger partial charge in [-0.1, -0.05) is 31.2 Å². The van der Waals surface area contributed by atoms with Crippen LogP contribution in [0.4, 0.5) is 0 Å². The van der Waals surface area contributed by atoms with Gasteiger partial charge in [-0.25, -0.2) is 13.6 Å². The molecule has 0 fully saturated rings. The lowest BCUT2D eigenvalue weighted by Crippen LogP contribution is -2.31. The van der Waals surface area contributed by atoms with Crippen LogP contribution in [0.3, 0.4) is 0 Å². The highest BCUT2D eigenvalue weighted by Crippen LogP contribution is 2.16. The minimum absolute atomic E-state index is 0.0360. The van der Waals surface area contributed by atoms with Gasteiger partial charge in [-0.15, -0.1) is 0 Å². The van der Waals surface area contributed by atoms with E-state index in [9.17, 15) is 13.2 Å². The Kier molecular flexibility index (Phi) is 6.17. The number of benzene rings is 2. The standard InChI is InChI=1S/C18H22N2O4S/c1-3-14-5-4-6-16(11-14)24-12-18(21)20-13(2)15-7-9-17(10-8-15)25(19,22)23/h4-11,13H,3,12H2,1-2H3,(H,20,21)(H2,19,22,23)/t13-/m1/s1. The second-order valence-electron chi connectivity index (χ2n) is 5.69. The maximum Gasteiger partial charge on any atom is 0.258 e. The summed E-state index contributed by atoms with van der Waals surface area (Å²) < 4.78 is 28.0. The van der Waals surface area contributed by atoms with E-state index < -0.39 is 10.0 Å². The maximum atomic E-state index is 12.0. The number of primary sulfonamides is 1. The average Bonchev–Trinajstić information content (AvgIpc) is 2.59. The fourth-order valence-electron chi connectivity index (χ4n) is 2.32. The van der Waals surface area contributed by atoms with E-state index in [0.29, 0.717) is 5.75 Å². The lowest BCUT2D eigenvalue weighted by molar-refractivity contribution is -0.123. The first-order valence-corrected chi connectivity index (χ1v) is 9.48. The molecule has 0 bridgehead atoms. The van der Waals surface area contributed by atoms with E-state index in [0.717, 1.165) is 17.5 Å². The van der Waals surface area contributed by atoms with Gasteiger partial charge in [0.2, 0.25) is 10.0 Å². The smallest absolute Gasteiger partial charge is 0.258 e. The quantitative estimate of drug-likeness (QED) is 0.788. The first-order valence-electron chi connectivity index (χ1n) is 7.93. The molecule has 0 aliphatic carbocycles. The molecular weight excluding hydrogens is 340 g/mol. The normalized spacial score (nSPS) is 12.4. The number of nitrogens with one attached hydrogen (secondary N) is 1. The monoisotopic (exact) mass is 362 g/mol. The van der Waals surface area contributed by atoms with Crippen molar-refractivity contribution in [1.29, 1.82) is 0 Å². The molecule has 0 saturated heterocycles. The second kappa shape index (κ2) is 8.13. The highest BCUT2D eigenvalue weighted by molar-refractivity contribution is 7.89. The Hall–Kier alpha value is -2.38. The third kappa shape index (κ3) is 5.58. The Morgan fingerprint density at radius 3 is 2.48 bits per heavy atom. The number of sulfonamides is 1. The Morgan fingerprint density at radius 2 is 1.88 bits per heavy atom. The molecule has 6 nitrogen and oxygen atoms in total. The molecular formula is C18H22N2O4S. The third-order valence-corrected chi connectivity index (χ3v) is 4.69. The Balaban J connectivity index is 1.91. The van der Waals surface area contributed by atoms with Crippen LogP contribution in [0.5, 0.6) is 5.75 Å². The van der Waals surface area contributed by atoms with Crippen LogP contribution in [0.1, 0.15) is 31.0 Å². The van der Waals surface area contributed by atoms with E-state index in [1.165, 1.54) is 12.1 Å². The molecule has 134 valence electrons. The van der Waals surface area contributed by atoms with E-state index >= 15 is 0 Å². The minimum atomic E-state index is -3.72. The van der Waals surface area contributed by atoms with Crippen molar-refractivity contribution in [2.45, 2.75) is 31.2 Å². The topological polar surface area (TPSA) is 98.5 Å². The minimum Gasteiger partial charge on any atom is -0.484 e. The summed E-state index contributed by atoms with van der Waals surface area (Å²) in [7, 11) is -3.72. The molecule has 0 unspecified atom stereocenters. The zero-order valence-electron chi connectivity index (χ0n) is 14.2. The summed E-state index contributed by atoms with van der Waals surface area (Å²) in [4.78, 5) is 12.1. The van der Waals surface area contributed by atoms with Gasteiger partial charge in [-0.05, 0) is 48.7 Å². The molecule has 0 aromatic heterocycles. The molecule has 2 aromatic carbocycles. The number of rotatable bonds is 7. The number of carbonyl (C=O) groups excluding carboxylic acids is 1. The molecule has 0 saturated carbocycles. The number of hydrogen-bond acceptors (Lipinski definition) is 4. The number of amides is 1. The van der Waals surface area contributed by atoms with Crippen LogP contribution >= 0.6 is 0 Å². The molecule has 0 heterocycles. The predicted molar refractivity (Wildman–Crippen MR) is 95.7 cm³/mol. The van der Waals surface area contributed by atoms with Crippen LogP contribution in [0, 0.1) is 0 Å². The third-order valence-electron chi connectivity index (χ3n) is 3.76. The van der Waals surface area contributed by atoms with Crippen molar-refractivity contribution in [2.24, 2.45) is 5.14 Å². The lowest BCUT2D eigenvalue weighted by atomic mass is 10.1. The van der Waals surface area contributed by atoms with Gasteiger partial charge >= 0.3 is 0 Å². The summed E-state index contributed by atoms with van der Waals surface area (Å²) >= 11 is 0. The Morgan fingerprint density at radius 1 is 1.20 bits per heavy atom. The molecule has 0 aliphatic heterocycles. The van der Waals surface area contributed by atoms with Crippen molar-refractivity contribution in [2.75, 3.05) is 6.61 Å². The van der Waals surface area contributed by atoms with Crippen molar-refractivity contribution in [3.8, 4) is 5.75 Å². The number of ether oxygens (including phenoxy) is 1. The molecule has 0 spiro atoms. The molecule has 2 aromatic rings. The summed E-state index contributed by atoms with van der Waals surface area (Å²) in [6.07, 6.45) is 0.898. The van der Waals surface area contributed by atoms with Gasteiger partial charge < -0.3 is 10.1 Å². The Bertz CT molecular complexity index is 832. The second-order valence-corrected chi connectivity index (χ2v) is 7.25. The zero-order valence-corrected chi connectivity index (χ0v) is 15.0. The van der Waals surface area contributed by atoms with Crippen LogP contribution in [0.25, 0.3) is 0 Å². The van der Waals surface area contributed by atoms with E-state index in [2.05, 4.69) is 12.2 Å². The highest BCUT2D eigenvalue weighted by atomic mass is 32.2. The Labute approximate surface area is 148 Å². The maximum absolute atomic E-state index is 12.0. The van der Waals surface area contributed by atoms with Gasteiger partial charge in [0, 0.05) is 0 Å². The van der Waals surface area contributed by atoms with Crippen LogP contribution in [0.2, 0.25) is 0 Å². The molecule has 3 N–H and O–H groups in total. The summed E-state index contributed by atoms with van der Waals surface area (Å²) in [5, 5.41) is 7.87. The van der Waals surface area contributed by atoms with E-state index in [1.807, 2.05) is 31.2 Å². The molecule has 7 heteroatoms. The highest BCUT2D eigenvalue weighted by Gasteiger charge is 2.12. The average molecular weight is 362 g/mol. The number of carbonyl (C=O) groups is 1. The fraction of sp³-hybridized carbons (Fsp3) is 0.278. The van der Waals surface area contributed by atoms with E-state index in [1.54, 1.807) is 12.1 Å². The predicted octanol–water partition coefficient (Wildman–Crippen LogP) is 2.15. The molecule has 2 rings (SSSR count). The van der Waals surface area contributed by atoms with Gasteiger partial charge in [0.1, 0.15) is 5.75 Å². The largest absolute Gasteiger partial charge is 0.484 e. The molecule has 1 atom stereocenters. The van der Waals surface area contributed by atoms with Crippen molar-refractivity contribution in [3.63, 3.8) is 0 Å². The van der Waals surface area contributed by atoms with Crippen LogP contribution < -0.4 is 15.2 Å². The summed E-state index contributed by atoms with van der Waals surface area (Å²) in [6, 6.07) is 13.4. The summed E-state index contributed by atoms with van der Waals surface area (Å²) in [5.41, 5.74) is 1.91. The van der Waals surface area contributed by atoms with Gasteiger partial charge in [0.25, 0.3) is 5.91 Å². The molecule has 1 amide bonds. The van der Waals surface area contributed by atoms with Crippen molar-refractivity contribution in [3.05, 3.63) is 59.7 Å². The van der Waals surface area contributed by atoms with E-state index in [-0.39, 0.29) is 23.5 Å². The number of aryl methyl sites for hydroxylation is 1. The van der Waals surface area contributed by atoms with E-state index in [4.69, 9.17) is 9.88 Å². The summed E-state index contributed by atoms with van der Waals surface area (Å²) in [6.45, 7) is 3.77. The van der Waals surface area contributed by atoms with Gasteiger partial charge in [-0.3, -0.25) is 4.79 Å². The van der Waals surface area contributed by atoms with Crippen molar-refractivity contribution in [1.82, 2.24) is 5.32 Å². The molecule has 0 aliphatic rings. The summed E-state index contributed by atoms with van der Waals surface area (Å²) in [5.74, 6) is 0.393. The van der Waals surface area contributed by atoms with Gasteiger partial charge in [0.15, 0.2) is 6.61 Å². The lowest BCUT2D eigenvalue weighted by Gasteiger charge is -2.15. The van der Waals surface area contributed by atoms with Crippen molar-refractivity contribution >= 4 is 15.9 Å². The number of hydrogen-bond donors (Lipinski definition) is 2. The SMILES string of the molecule is CCc1cccc(OCC(=O)N[C@H](C)c2ccc(S(N)(=O)=O)cc2)c1. The van der Waals surface area contributed by atoms with Crippen molar-refractivity contribution < 1.29 is 17.9 Å². The fourth-order valence-corrected chi connectivity index (χ4v) is 2.83. The van der Waals surface area contributed by atoms with Gasteiger partial charge in [0.05, 0.1) is 10.9 Å². The first kappa shape index (κ1) is 19.0. The van der Waals surface area contributed by atoms with Crippen LogP contribution in [-0.2, 0) is 21.2 Å². The molecule has 25 heavy (non-hydrogen) atoms. The number of nitrogens with two attached hydrogens (primary N) is 1. The first-order chi connectivity index (χ1) is 11.8. The molecule has 0 radical (unpaired) electrons. The van der Waals surface area contributed by atoms with Crippen LogP contribution in [0.15, 0.2) is 53.4 Å². The zero-order chi connectivity index (χ0) is 18.4. The van der Waals surface area contributed by atoms with Crippen LogP contribution in [-0.4, -0.2) is 20.9 Å².